The third kappa shape index (κ3) is 2.54. The lowest BCUT2D eigenvalue weighted by Gasteiger charge is -2.12. The molecular formula is C13H17ClN4. The van der Waals surface area contributed by atoms with Crippen molar-refractivity contribution in [2.24, 2.45) is 5.73 Å². The van der Waals surface area contributed by atoms with E-state index < -0.39 is 0 Å². The van der Waals surface area contributed by atoms with Crippen LogP contribution in [0.25, 0.3) is 0 Å². The molecule has 0 amide bonds. The lowest BCUT2D eigenvalue weighted by molar-refractivity contribution is 0.582. The van der Waals surface area contributed by atoms with Gasteiger partial charge in [0.2, 0.25) is 0 Å². The molecule has 0 spiro atoms. The van der Waals surface area contributed by atoms with Gasteiger partial charge in [0.25, 0.3) is 0 Å². The van der Waals surface area contributed by atoms with Crippen molar-refractivity contribution in [3.8, 4) is 0 Å². The summed E-state index contributed by atoms with van der Waals surface area (Å²) in [5.74, 6) is 0. The molecule has 2 aromatic rings. The van der Waals surface area contributed by atoms with Crippen LogP contribution in [0.5, 0.6) is 0 Å². The van der Waals surface area contributed by atoms with Crippen molar-refractivity contribution in [3.05, 3.63) is 46.5 Å². The SMILES string of the molecule is CCn1nc(C)c(Cl)c1CC(N)c1ccccn1. The number of aryl methyl sites for hydroxylation is 2. The Morgan fingerprint density at radius 3 is 2.83 bits per heavy atom. The summed E-state index contributed by atoms with van der Waals surface area (Å²) in [5, 5.41) is 5.10. The molecule has 0 saturated heterocycles. The molecule has 0 aliphatic rings. The Labute approximate surface area is 112 Å². The minimum Gasteiger partial charge on any atom is -0.322 e. The van der Waals surface area contributed by atoms with Crippen molar-refractivity contribution >= 4 is 11.6 Å². The Kier molecular flexibility index (Phi) is 3.99. The predicted octanol–water partition coefficient (Wildman–Crippen LogP) is 2.50. The van der Waals surface area contributed by atoms with Crippen LogP contribution in [0, 0.1) is 6.92 Å². The smallest absolute Gasteiger partial charge is 0.0847 e. The molecular weight excluding hydrogens is 248 g/mol. The molecule has 0 aliphatic heterocycles. The highest BCUT2D eigenvalue weighted by Gasteiger charge is 2.17. The average Bonchev–Trinajstić information content (AvgIpc) is 2.67. The maximum atomic E-state index is 6.26. The molecule has 0 fully saturated rings. The molecule has 96 valence electrons. The quantitative estimate of drug-likeness (QED) is 0.923. The highest BCUT2D eigenvalue weighted by Crippen LogP contribution is 2.24. The van der Waals surface area contributed by atoms with Gasteiger partial charge in [0.05, 0.1) is 28.1 Å². The van der Waals surface area contributed by atoms with E-state index in [0.717, 1.165) is 23.6 Å². The van der Waals surface area contributed by atoms with Crippen molar-refractivity contribution in [1.82, 2.24) is 14.8 Å². The fourth-order valence-electron chi connectivity index (χ4n) is 1.97. The van der Waals surface area contributed by atoms with Crippen LogP contribution in [0.2, 0.25) is 5.02 Å². The fourth-order valence-corrected chi connectivity index (χ4v) is 2.18. The summed E-state index contributed by atoms with van der Waals surface area (Å²) in [6.07, 6.45) is 2.39. The van der Waals surface area contributed by atoms with Gasteiger partial charge in [-0.25, -0.2) is 0 Å². The molecule has 0 bridgehead atoms. The first kappa shape index (κ1) is 13.1. The van der Waals surface area contributed by atoms with Gasteiger partial charge < -0.3 is 5.73 Å². The van der Waals surface area contributed by atoms with E-state index in [2.05, 4.69) is 10.1 Å². The van der Waals surface area contributed by atoms with Crippen molar-refractivity contribution in [3.63, 3.8) is 0 Å². The first-order valence-corrected chi connectivity index (χ1v) is 6.39. The van der Waals surface area contributed by atoms with E-state index in [9.17, 15) is 0 Å². The van der Waals surface area contributed by atoms with E-state index in [4.69, 9.17) is 17.3 Å². The van der Waals surface area contributed by atoms with Crippen LogP contribution >= 0.6 is 11.6 Å². The van der Waals surface area contributed by atoms with Crippen LogP contribution in [0.4, 0.5) is 0 Å². The molecule has 2 rings (SSSR count). The summed E-state index contributed by atoms with van der Waals surface area (Å²) in [6.45, 7) is 4.74. The largest absolute Gasteiger partial charge is 0.322 e. The van der Waals surface area contributed by atoms with Gasteiger partial charge in [0, 0.05) is 19.2 Å². The molecule has 1 atom stereocenters. The molecule has 0 aliphatic carbocycles. The molecule has 2 heterocycles. The van der Waals surface area contributed by atoms with Crippen molar-refractivity contribution in [1.29, 1.82) is 0 Å². The van der Waals surface area contributed by atoms with Crippen LogP contribution in [0.3, 0.4) is 0 Å². The first-order chi connectivity index (χ1) is 8.63. The lowest BCUT2D eigenvalue weighted by Crippen LogP contribution is -2.17. The Bertz CT molecular complexity index is 521. The minimum absolute atomic E-state index is 0.162. The number of nitrogens with zero attached hydrogens (tertiary/aromatic N) is 3. The van der Waals surface area contributed by atoms with E-state index in [-0.39, 0.29) is 6.04 Å². The molecule has 5 heteroatoms. The fraction of sp³-hybridized carbons (Fsp3) is 0.385. The normalized spacial score (nSPS) is 12.7. The van der Waals surface area contributed by atoms with Gasteiger partial charge in [-0.2, -0.15) is 5.10 Å². The van der Waals surface area contributed by atoms with Gasteiger partial charge in [0.15, 0.2) is 0 Å². The second-order valence-corrected chi connectivity index (χ2v) is 4.61. The highest BCUT2D eigenvalue weighted by atomic mass is 35.5. The van der Waals surface area contributed by atoms with E-state index in [1.807, 2.05) is 36.7 Å². The number of nitrogens with two attached hydrogens (primary N) is 1. The molecule has 2 aromatic heterocycles. The molecule has 2 N–H and O–H groups in total. The molecule has 18 heavy (non-hydrogen) atoms. The zero-order valence-electron chi connectivity index (χ0n) is 10.6. The summed E-state index contributed by atoms with van der Waals surface area (Å²) >= 11 is 6.26. The minimum atomic E-state index is -0.162. The zero-order chi connectivity index (χ0) is 13.1. The third-order valence-electron chi connectivity index (χ3n) is 2.93. The topological polar surface area (TPSA) is 56.7 Å². The number of hydrogen-bond acceptors (Lipinski definition) is 3. The second-order valence-electron chi connectivity index (χ2n) is 4.23. The van der Waals surface area contributed by atoms with Gasteiger partial charge in [-0.3, -0.25) is 9.67 Å². The Balaban J connectivity index is 2.24. The summed E-state index contributed by atoms with van der Waals surface area (Å²) in [7, 11) is 0. The zero-order valence-corrected chi connectivity index (χ0v) is 11.4. The molecule has 0 saturated carbocycles. The summed E-state index contributed by atoms with van der Waals surface area (Å²) in [4.78, 5) is 4.27. The van der Waals surface area contributed by atoms with Crippen molar-refractivity contribution in [2.75, 3.05) is 0 Å². The van der Waals surface area contributed by atoms with E-state index >= 15 is 0 Å². The second kappa shape index (κ2) is 5.50. The standard InChI is InChI=1S/C13H17ClN4/c1-3-18-12(13(14)9(2)17-18)8-10(15)11-6-4-5-7-16-11/h4-7,10H,3,8,15H2,1-2H3. The third-order valence-corrected chi connectivity index (χ3v) is 3.43. The van der Waals surface area contributed by atoms with Crippen LogP contribution in [-0.2, 0) is 13.0 Å². The van der Waals surface area contributed by atoms with Crippen molar-refractivity contribution in [2.45, 2.75) is 32.9 Å². The van der Waals surface area contributed by atoms with Crippen LogP contribution in [-0.4, -0.2) is 14.8 Å². The van der Waals surface area contributed by atoms with Crippen LogP contribution in [0.1, 0.15) is 30.0 Å². The monoisotopic (exact) mass is 264 g/mol. The summed E-state index contributed by atoms with van der Waals surface area (Å²) in [6, 6.07) is 5.58. The van der Waals surface area contributed by atoms with Gasteiger partial charge >= 0.3 is 0 Å². The number of aromatic nitrogens is 3. The maximum absolute atomic E-state index is 6.26. The van der Waals surface area contributed by atoms with Gasteiger partial charge in [-0.05, 0) is 26.0 Å². The summed E-state index contributed by atoms with van der Waals surface area (Å²) < 4.78 is 1.90. The number of rotatable bonds is 4. The Morgan fingerprint density at radius 2 is 2.22 bits per heavy atom. The Morgan fingerprint density at radius 1 is 1.44 bits per heavy atom. The highest BCUT2D eigenvalue weighted by molar-refractivity contribution is 6.31. The van der Waals surface area contributed by atoms with Gasteiger partial charge in [-0.1, -0.05) is 17.7 Å². The first-order valence-electron chi connectivity index (χ1n) is 6.01. The number of pyridine rings is 1. The molecule has 0 aromatic carbocycles. The lowest BCUT2D eigenvalue weighted by atomic mass is 10.1. The number of halogens is 1. The van der Waals surface area contributed by atoms with Crippen LogP contribution < -0.4 is 5.73 Å². The molecule has 4 nitrogen and oxygen atoms in total. The summed E-state index contributed by atoms with van der Waals surface area (Å²) in [5.41, 5.74) is 8.87. The average molecular weight is 265 g/mol. The van der Waals surface area contributed by atoms with Gasteiger partial charge in [-0.15, -0.1) is 0 Å². The molecule has 1 unspecified atom stereocenters. The van der Waals surface area contributed by atoms with E-state index in [1.54, 1.807) is 6.20 Å². The Hall–Kier alpha value is -1.39. The number of hydrogen-bond donors (Lipinski definition) is 1. The van der Waals surface area contributed by atoms with Gasteiger partial charge in [0.1, 0.15) is 0 Å². The maximum Gasteiger partial charge on any atom is 0.0847 e. The van der Waals surface area contributed by atoms with Crippen molar-refractivity contribution < 1.29 is 0 Å². The predicted molar refractivity (Wildman–Crippen MR) is 72.5 cm³/mol. The molecule has 0 radical (unpaired) electrons. The van der Waals surface area contributed by atoms with Crippen LogP contribution in [0.15, 0.2) is 24.4 Å². The van der Waals surface area contributed by atoms with E-state index in [0.29, 0.717) is 11.4 Å². The van der Waals surface area contributed by atoms with E-state index in [1.165, 1.54) is 0 Å².